The molecular formula is C9H9ClINO2. The van der Waals surface area contributed by atoms with Crippen LogP contribution in [-0.4, -0.2) is 11.1 Å². The van der Waals surface area contributed by atoms with Crippen LogP contribution in [0.5, 0.6) is 0 Å². The van der Waals surface area contributed by atoms with Crippen molar-refractivity contribution in [3.63, 3.8) is 0 Å². The molecule has 0 aliphatic heterocycles. The topological polar surface area (TPSA) is 63.3 Å². The summed E-state index contributed by atoms with van der Waals surface area (Å²) in [6.45, 7) is 1.45. The monoisotopic (exact) mass is 325 g/mol. The van der Waals surface area contributed by atoms with Crippen LogP contribution < -0.4 is 5.73 Å². The molecule has 0 spiro atoms. The number of hydrogen-bond acceptors (Lipinski definition) is 2. The summed E-state index contributed by atoms with van der Waals surface area (Å²) < 4.78 is 0.791. The van der Waals surface area contributed by atoms with E-state index >= 15 is 0 Å². The maximum atomic E-state index is 10.9. The van der Waals surface area contributed by atoms with E-state index in [0.717, 1.165) is 3.57 Å². The first-order chi connectivity index (χ1) is 6.35. The average Bonchev–Trinajstić information content (AvgIpc) is 2.08. The first kappa shape index (κ1) is 11.7. The minimum Gasteiger partial charge on any atom is -0.480 e. The van der Waals surface area contributed by atoms with Gasteiger partial charge in [-0.15, -0.1) is 0 Å². The van der Waals surface area contributed by atoms with E-state index in [-0.39, 0.29) is 0 Å². The molecule has 0 aromatic heterocycles. The summed E-state index contributed by atoms with van der Waals surface area (Å²) in [5.74, 6) is -1.07. The third-order valence-electron chi connectivity index (χ3n) is 1.93. The molecule has 0 radical (unpaired) electrons. The third-order valence-corrected chi connectivity index (χ3v) is 3.11. The predicted octanol–water partition coefficient (Wildman–Crippen LogP) is 2.20. The number of carboxylic acids is 1. The maximum Gasteiger partial charge on any atom is 0.328 e. The summed E-state index contributed by atoms with van der Waals surface area (Å²) in [7, 11) is 0. The Kier molecular flexibility index (Phi) is 3.39. The van der Waals surface area contributed by atoms with Crippen LogP contribution in [0.25, 0.3) is 0 Å². The van der Waals surface area contributed by atoms with Crippen molar-refractivity contribution in [2.24, 2.45) is 5.73 Å². The van der Waals surface area contributed by atoms with Crippen molar-refractivity contribution in [3.05, 3.63) is 32.4 Å². The van der Waals surface area contributed by atoms with Crippen LogP contribution in [-0.2, 0) is 10.3 Å². The van der Waals surface area contributed by atoms with E-state index in [1.54, 1.807) is 18.2 Å². The molecular weight excluding hydrogens is 316 g/mol. The average molecular weight is 326 g/mol. The predicted molar refractivity (Wildman–Crippen MR) is 63.3 cm³/mol. The van der Waals surface area contributed by atoms with Gasteiger partial charge in [-0.25, -0.2) is 4.79 Å². The summed E-state index contributed by atoms with van der Waals surface area (Å²) in [5.41, 5.74) is 4.81. The van der Waals surface area contributed by atoms with Gasteiger partial charge in [-0.3, -0.25) is 0 Å². The van der Waals surface area contributed by atoms with Gasteiger partial charge in [-0.05, 0) is 53.3 Å². The van der Waals surface area contributed by atoms with Gasteiger partial charge in [0.2, 0.25) is 0 Å². The molecule has 0 fully saturated rings. The highest BCUT2D eigenvalue weighted by Gasteiger charge is 2.32. The van der Waals surface area contributed by atoms with E-state index in [0.29, 0.717) is 10.6 Å². The number of carboxylic acid groups (broad SMARTS) is 1. The maximum absolute atomic E-state index is 10.9. The van der Waals surface area contributed by atoms with Gasteiger partial charge in [0.05, 0.1) is 0 Å². The fourth-order valence-electron chi connectivity index (χ4n) is 1.01. The van der Waals surface area contributed by atoms with E-state index in [1.165, 1.54) is 6.92 Å². The van der Waals surface area contributed by atoms with Crippen LogP contribution in [0.4, 0.5) is 0 Å². The van der Waals surface area contributed by atoms with Crippen molar-refractivity contribution >= 4 is 40.2 Å². The molecule has 0 heterocycles. The number of rotatable bonds is 2. The van der Waals surface area contributed by atoms with Gasteiger partial charge in [-0.1, -0.05) is 11.6 Å². The van der Waals surface area contributed by atoms with Crippen molar-refractivity contribution < 1.29 is 9.90 Å². The van der Waals surface area contributed by atoms with Crippen LogP contribution in [0, 0.1) is 3.57 Å². The molecule has 0 aliphatic carbocycles. The molecule has 0 saturated heterocycles. The zero-order chi connectivity index (χ0) is 10.9. The Morgan fingerprint density at radius 2 is 2.21 bits per heavy atom. The molecule has 0 aliphatic rings. The minimum absolute atomic E-state index is 0.485. The molecule has 0 unspecified atom stereocenters. The molecule has 0 saturated carbocycles. The Bertz CT molecular complexity index is 379. The minimum atomic E-state index is -1.40. The summed E-state index contributed by atoms with van der Waals surface area (Å²) in [5, 5.41) is 9.42. The zero-order valence-corrected chi connectivity index (χ0v) is 10.3. The second-order valence-corrected chi connectivity index (χ2v) is 4.73. The third kappa shape index (κ3) is 2.18. The fraction of sp³-hybridized carbons (Fsp3) is 0.222. The number of halogens is 2. The van der Waals surface area contributed by atoms with E-state index in [4.69, 9.17) is 22.4 Å². The molecule has 0 amide bonds. The van der Waals surface area contributed by atoms with Gasteiger partial charge in [0.1, 0.15) is 5.54 Å². The highest BCUT2D eigenvalue weighted by Crippen LogP contribution is 2.26. The van der Waals surface area contributed by atoms with Gasteiger partial charge in [0.25, 0.3) is 0 Å². The van der Waals surface area contributed by atoms with Crippen molar-refractivity contribution in [2.45, 2.75) is 12.5 Å². The molecule has 3 nitrogen and oxygen atoms in total. The molecule has 1 aromatic rings. The van der Waals surface area contributed by atoms with Gasteiger partial charge < -0.3 is 10.8 Å². The second-order valence-electron chi connectivity index (χ2n) is 3.13. The summed E-state index contributed by atoms with van der Waals surface area (Å²) in [6.07, 6.45) is 0. The van der Waals surface area contributed by atoms with Crippen LogP contribution in [0.2, 0.25) is 5.02 Å². The van der Waals surface area contributed by atoms with Crippen LogP contribution in [0.1, 0.15) is 12.5 Å². The molecule has 1 atom stereocenters. The van der Waals surface area contributed by atoms with Crippen LogP contribution in [0.3, 0.4) is 0 Å². The highest BCUT2D eigenvalue weighted by molar-refractivity contribution is 14.1. The molecule has 5 heteroatoms. The van der Waals surface area contributed by atoms with Crippen molar-refractivity contribution in [1.82, 2.24) is 0 Å². The lowest BCUT2D eigenvalue weighted by Gasteiger charge is -2.21. The van der Waals surface area contributed by atoms with Crippen LogP contribution >= 0.6 is 34.2 Å². The Hall–Kier alpha value is -0.330. The lowest BCUT2D eigenvalue weighted by atomic mass is 9.94. The van der Waals surface area contributed by atoms with Gasteiger partial charge in [-0.2, -0.15) is 0 Å². The number of carbonyl (C=O) groups is 1. The standard InChI is InChI=1S/C9H9ClINO2/c1-9(12,8(13)14)6-4-5(10)2-3-7(6)11/h2-4H,12H2,1H3,(H,13,14)/t9-/m1/s1. The number of nitrogens with two attached hydrogens (primary N) is 1. The lowest BCUT2D eigenvalue weighted by Crippen LogP contribution is -2.42. The molecule has 3 N–H and O–H groups in total. The van der Waals surface area contributed by atoms with Gasteiger partial charge >= 0.3 is 5.97 Å². The molecule has 76 valence electrons. The number of benzene rings is 1. The Morgan fingerprint density at radius 3 is 2.71 bits per heavy atom. The summed E-state index contributed by atoms with van der Waals surface area (Å²) in [6, 6.07) is 5.02. The Morgan fingerprint density at radius 1 is 1.64 bits per heavy atom. The van der Waals surface area contributed by atoms with E-state index in [2.05, 4.69) is 0 Å². The van der Waals surface area contributed by atoms with Crippen LogP contribution in [0.15, 0.2) is 18.2 Å². The molecule has 0 bridgehead atoms. The first-order valence-corrected chi connectivity index (χ1v) is 5.29. The Labute approximate surface area is 100 Å². The first-order valence-electron chi connectivity index (χ1n) is 3.83. The fourth-order valence-corrected chi connectivity index (χ4v) is 2.08. The quantitative estimate of drug-likeness (QED) is 0.820. The van der Waals surface area contributed by atoms with Crippen molar-refractivity contribution in [3.8, 4) is 0 Å². The molecule has 14 heavy (non-hydrogen) atoms. The second kappa shape index (κ2) is 4.04. The summed E-state index contributed by atoms with van der Waals surface area (Å²) in [4.78, 5) is 10.9. The Balaban J connectivity index is 3.31. The SMILES string of the molecule is C[C@](N)(C(=O)O)c1cc(Cl)ccc1I. The van der Waals surface area contributed by atoms with Gasteiger partial charge in [0, 0.05) is 8.59 Å². The van der Waals surface area contributed by atoms with Crippen molar-refractivity contribution in [2.75, 3.05) is 0 Å². The highest BCUT2D eigenvalue weighted by atomic mass is 127. The van der Waals surface area contributed by atoms with Crippen molar-refractivity contribution in [1.29, 1.82) is 0 Å². The normalized spacial score (nSPS) is 14.9. The number of aliphatic carboxylic acids is 1. The lowest BCUT2D eigenvalue weighted by molar-refractivity contribution is -0.143. The van der Waals surface area contributed by atoms with E-state index < -0.39 is 11.5 Å². The smallest absolute Gasteiger partial charge is 0.328 e. The largest absolute Gasteiger partial charge is 0.480 e. The molecule has 1 aromatic carbocycles. The van der Waals surface area contributed by atoms with E-state index in [1.807, 2.05) is 22.6 Å². The zero-order valence-electron chi connectivity index (χ0n) is 7.42. The molecule has 1 rings (SSSR count). The number of hydrogen-bond donors (Lipinski definition) is 2. The van der Waals surface area contributed by atoms with Gasteiger partial charge in [0.15, 0.2) is 0 Å². The van der Waals surface area contributed by atoms with E-state index in [9.17, 15) is 4.79 Å². The summed E-state index contributed by atoms with van der Waals surface area (Å²) >= 11 is 7.81.